The van der Waals surface area contributed by atoms with Crippen molar-refractivity contribution in [2.45, 2.75) is 32.2 Å². The minimum atomic E-state index is -4.82. The normalized spacial score (nSPS) is 14.8. The van der Waals surface area contributed by atoms with Crippen molar-refractivity contribution in [2.75, 3.05) is 0 Å². The van der Waals surface area contributed by atoms with Gasteiger partial charge in [-0.25, -0.2) is 4.79 Å². The molecule has 8 heteroatoms. The van der Waals surface area contributed by atoms with Crippen molar-refractivity contribution in [1.29, 1.82) is 0 Å². The molecule has 0 aliphatic rings. The Balaban J connectivity index is 2.21. The summed E-state index contributed by atoms with van der Waals surface area (Å²) in [6.07, 6.45) is -8.51. The van der Waals surface area contributed by atoms with Crippen molar-refractivity contribution in [3.63, 3.8) is 0 Å². The number of hydrogen-bond donors (Lipinski definition) is 1. The summed E-state index contributed by atoms with van der Waals surface area (Å²) < 4.78 is 54.4. The van der Waals surface area contributed by atoms with Crippen LogP contribution in [0.2, 0.25) is 0 Å². The van der Waals surface area contributed by atoms with Gasteiger partial charge < -0.3 is 5.11 Å². The quantitative estimate of drug-likeness (QED) is 0.447. The van der Waals surface area contributed by atoms with Crippen LogP contribution in [0.4, 0.5) is 13.2 Å². The number of aliphatic hydroxyl groups is 1. The Kier molecular flexibility index (Phi) is 7.90. The summed E-state index contributed by atoms with van der Waals surface area (Å²) in [6, 6.07) is 24.4. The maximum Gasteiger partial charge on any atom is 0.419 e. The van der Waals surface area contributed by atoms with E-state index in [1.807, 2.05) is 0 Å². The molecule has 3 atom stereocenters. The fraction of sp³-hybridized carbons (Fsp3) is 0.240. The van der Waals surface area contributed by atoms with Crippen molar-refractivity contribution in [1.82, 2.24) is 0 Å². The number of halogens is 3. The molecule has 0 amide bonds. The molecule has 0 saturated heterocycles. The van der Waals surface area contributed by atoms with Crippen molar-refractivity contribution in [3.8, 4) is 0 Å². The Hall–Kier alpha value is -2.73. The first kappa shape index (κ1) is 24.9. The Morgan fingerprint density at radius 1 is 0.818 bits per heavy atom. The molecular formula is C25H25F3O4P+. The molecular weight excluding hydrogens is 452 g/mol. The molecule has 0 bridgehead atoms. The fourth-order valence-corrected chi connectivity index (χ4v) is 6.15. The third-order valence-electron chi connectivity index (χ3n) is 5.24. The van der Waals surface area contributed by atoms with Gasteiger partial charge in [-0.1, -0.05) is 61.5 Å². The lowest BCUT2D eigenvalue weighted by molar-refractivity contribution is -0.216. The van der Waals surface area contributed by atoms with Crippen LogP contribution in [0.3, 0.4) is 0 Å². The summed E-state index contributed by atoms with van der Waals surface area (Å²) >= 11 is 0. The van der Waals surface area contributed by atoms with Gasteiger partial charge in [-0.2, -0.15) is 17.7 Å². The van der Waals surface area contributed by atoms with Crippen LogP contribution in [0.25, 0.3) is 0 Å². The average molecular weight is 477 g/mol. The summed E-state index contributed by atoms with van der Waals surface area (Å²) in [4.78, 5) is 13.1. The lowest BCUT2D eigenvalue weighted by Gasteiger charge is -2.32. The molecule has 0 fully saturated rings. The van der Waals surface area contributed by atoms with E-state index >= 15 is 0 Å². The van der Waals surface area contributed by atoms with Crippen LogP contribution in [-0.4, -0.2) is 29.5 Å². The second-order valence-corrected chi connectivity index (χ2v) is 10.2. The number of aliphatic hydroxyl groups excluding tert-OH is 1. The van der Waals surface area contributed by atoms with E-state index in [0.29, 0.717) is 10.6 Å². The van der Waals surface area contributed by atoms with Gasteiger partial charge in [0.2, 0.25) is 6.10 Å². The van der Waals surface area contributed by atoms with E-state index in [4.69, 9.17) is 9.05 Å². The first-order valence-corrected chi connectivity index (χ1v) is 12.0. The predicted molar refractivity (Wildman–Crippen MR) is 123 cm³/mol. The maximum atomic E-state index is 14.2. The Bertz CT molecular complexity index is 988. The number of carbonyl (C=O) groups is 1. The van der Waals surface area contributed by atoms with E-state index in [1.54, 1.807) is 78.9 Å². The van der Waals surface area contributed by atoms with Gasteiger partial charge in [0.1, 0.15) is 0 Å². The van der Waals surface area contributed by atoms with Crippen LogP contribution in [0.1, 0.15) is 24.2 Å². The van der Waals surface area contributed by atoms with Gasteiger partial charge in [0.25, 0.3) is 0 Å². The second-order valence-electron chi connectivity index (χ2n) is 7.63. The highest BCUT2D eigenvalue weighted by Crippen LogP contribution is 2.62. The molecule has 174 valence electrons. The van der Waals surface area contributed by atoms with Crippen molar-refractivity contribution < 1.29 is 32.1 Å². The number of benzene rings is 3. The molecule has 3 aromatic rings. The summed E-state index contributed by atoms with van der Waals surface area (Å²) in [5.74, 6) is -2.12. The monoisotopic (exact) mass is 477 g/mol. The minimum absolute atomic E-state index is 0.185. The van der Waals surface area contributed by atoms with E-state index in [2.05, 4.69) is 0 Å². The highest BCUT2D eigenvalue weighted by Gasteiger charge is 2.60. The van der Waals surface area contributed by atoms with Crippen molar-refractivity contribution >= 4 is 24.3 Å². The molecule has 0 radical (unpaired) electrons. The number of hydrogen-bond acceptors (Lipinski definition) is 4. The SMILES string of the molecule is CC(O)C(C)C(O[P+](OC(=O)c1ccccc1)(c1ccccc1)c1ccccc1)C(F)(F)F. The van der Waals surface area contributed by atoms with E-state index in [1.165, 1.54) is 26.0 Å². The predicted octanol–water partition coefficient (Wildman–Crippen LogP) is 5.31. The molecule has 3 aromatic carbocycles. The molecule has 1 N–H and O–H groups in total. The number of alkyl halides is 3. The third-order valence-corrected chi connectivity index (χ3v) is 8.14. The molecule has 3 unspecified atom stereocenters. The van der Waals surface area contributed by atoms with E-state index < -0.39 is 38.0 Å². The molecule has 0 aromatic heterocycles. The van der Waals surface area contributed by atoms with E-state index in [9.17, 15) is 23.1 Å². The molecule has 3 rings (SSSR count). The topological polar surface area (TPSA) is 55.8 Å². The van der Waals surface area contributed by atoms with Gasteiger partial charge in [-0.3, -0.25) is 4.52 Å². The first-order chi connectivity index (χ1) is 15.6. The summed E-state index contributed by atoms with van der Waals surface area (Å²) in [7, 11) is -3.85. The van der Waals surface area contributed by atoms with Crippen LogP contribution < -0.4 is 10.6 Å². The Labute approximate surface area is 191 Å². The van der Waals surface area contributed by atoms with Crippen LogP contribution in [0, 0.1) is 5.92 Å². The molecule has 0 saturated carbocycles. The molecule has 0 aliphatic heterocycles. The molecule has 4 nitrogen and oxygen atoms in total. The van der Waals surface area contributed by atoms with Gasteiger partial charge in [0, 0.05) is 5.92 Å². The molecule has 0 heterocycles. The second kappa shape index (κ2) is 10.5. The minimum Gasteiger partial charge on any atom is -0.393 e. The van der Waals surface area contributed by atoms with Crippen LogP contribution in [0.15, 0.2) is 91.0 Å². The highest BCUT2D eigenvalue weighted by molar-refractivity contribution is 7.81. The van der Waals surface area contributed by atoms with E-state index in [-0.39, 0.29) is 5.56 Å². The van der Waals surface area contributed by atoms with E-state index in [0.717, 1.165) is 0 Å². The standard InChI is InChI=1S/C25H25F3O4P/c1-18(19(2)29)23(25(26,27)28)31-33(21-14-8-4-9-15-21,22-16-10-5-11-17-22)32-24(30)20-12-6-3-7-13-20/h3-19,23,29H,1-2H3/q+1. The van der Waals surface area contributed by atoms with Crippen LogP contribution in [0.5, 0.6) is 0 Å². The molecule has 0 aliphatic carbocycles. The first-order valence-electron chi connectivity index (χ1n) is 10.4. The molecule has 33 heavy (non-hydrogen) atoms. The summed E-state index contributed by atoms with van der Waals surface area (Å²) in [5, 5.41) is 10.6. The van der Waals surface area contributed by atoms with Gasteiger partial charge in [-0.05, 0) is 43.3 Å². The number of carbonyl (C=O) groups excluding carboxylic acids is 1. The zero-order chi connectivity index (χ0) is 24.1. The van der Waals surface area contributed by atoms with Crippen LogP contribution in [-0.2, 0) is 9.05 Å². The maximum absolute atomic E-state index is 14.2. The smallest absolute Gasteiger partial charge is 0.393 e. The fourth-order valence-electron chi connectivity index (χ4n) is 3.26. The highest BCUT2D eigenvalue weighted by atomic mass is 31.2. The Morgan fingerprint density at radius 3 is 1.64 bits per heavy atom. The molecule has 0 spiro atoms. The van der Waals surface area contributed by atoms with Gasteiger partial charge >= 0.3 is 19.9 Å². The van der Waals surface area contributed by atoms with Gasteiger partial charge in [-0.15, -0.1) is 0 Å². The summed E-state index contributed by atoms with van der Waals surface area (Å²) in [5.41, 5.74) is 0.185. The van der Waals surface area contributed by atoms with Crippen LogP contribution >= 0.6 is 7.72 Å². The van der Waals surface area contributed by atoms with Crippen molar-refractivity contribution in [3.05, 3.63) is 96.6 Å². The summed E-state index contributed by atoms with van der Waals surface area (Å²) in [6.45, 7) is 2.53. The van der Waals surface area contributed by atoms with Gasteiger partial charge in [0.15, 0.2) is 10.6 Å². The lowest BCUT2D eigenvalue weighted by atomic mass is 9.99. The average Bonchev–Trinajstić information content (AvgIpc) is 2.82. The lowest BCUT2D eigenvalue weighted by Crippen LogP contribution is -2.44. The zero-order valence-electron chi connectivity index (χ0n) is 18.1. The zero-order valence-corrected chi connectivity index (χ0v) is 19.0. The third kappa shape index (κ3) is 5.80. The Morgan fingerprint density at radius 2 is 1.24 bits per heavy atom. The largest absolute Gasteiger partial charge is 0.419 e. The van der Waals surface area contributed by atoms with Crippen molar-refractivity contribution in [2.24, 2.45) is 5.92 Å². The van der Waals surface area contributed by atoms with Gasteiger partial charge in [0.05, 0.1) is 11.7 Å². The number of rotatable bonds is 8.